The zero-order valence-electron chi connectivity index (χ0n) is 72.0. The van der Waals surface area contributed by atoms with Crippen LogP contribution in [0.5, 0.6) is 0 Å². The van der Waals surface area contributed by atoms with Crippen molar-refractivity contribution in [2.45, 2.75) is 98.7 Å². The van der Waals surface area contributed by atoms with E-state index in [0.29, 0.717) is 47.3 Å². The van der Waals surface area contributed by atoms with E-state index in [-0.39, 0.29) is 0 Å². The van der Waals surface area contributed by atoms with Crippen molar-refractivity contribution in [2.24, 2.45) is 0 Å². The van der Waals surface area contributed by atoms with E-state index in [1.165, 1.54) is 55.3 Å². The fourth-order valence-corrected chi connectivity index (χ4v) is 20.7. The van der Waals surface area contributed by atoms with Crippen LogP contribution in [0, 0.1) is 0 Å². The van der Waals surface area contributed by atoms with E-state index in [9.17, 15) is 0 Å². The summed E-state index contributed by atoms with van der Waals surface area (Å²) in [4.78, 5) is 14.5. The largest absolute Gasteiger partial charge is 0.311 e. The maximum Gasteiger partial charge on any atom is 0.0541 e. The van der Waals surface area contributed by atoms with Crippen LogP contribution >= 0.6 is 0 Å². The molecule has 128 heavy (non-hydrogen) atoms. The molecular formula is C122H102N6. The molecule has 0 aromatic heterocycles. The van der Waals surface area contributed by atoms with Gasteiger partial charge in [0.25, 0.3) is 0 Å². The second-order valence-electron chi connectivity index (χ2n) is 35.5. The zero-order valence-corrected chi connectivity index (χ0v) is 72.0. The van der Waals surface area contributed by atoms with Crippen molar-refractivity contribution in [3.63, 3.8) is 0 Å². The van der Waals surface area contributed by atoms with Gasteiger partial charge in [-0.25, -0.2) is 0 Å². The molecule has 4 saturated carbocycles. The Balaban J connectivity index is 0.561. The Kier molecular flexibility index (Phi) is 21.9. The van der Waals surface area contributed by atoms with Gasteiger partial charge in [0.1, 0.15) is 0 Å². The van der Waals surface area contributed by atoms with Gasteiger partial charge >= 0.3 is 0 Å². The number of anilines is 18. The predicted molar refractivity (Wildman–Crippen MR) is 537 cm³/mol. The fourth-order valence-electron chi connectivity index (χ4n) is 20.7. The maximum absolute atomic E-state index is 2.53. The number of benzene rings is 18. The lowest BCUT2D eigenvalue weighted by Crippen LogP contribution is -2.21. The van der Waals surface area contributed by atoms with Gasteiger partial charge in [-0.15, -0.1) is 0 Å². The van der Waals surface area contributed by atoms with Gasteiger partial charge in [0, 0.05) is 102 Å². The normalized spacial score (nSPS) is 17.9. The minimum Gasteiger partial charge on any atom is -0.311 e. The standard InChI is InChI=1S/C122H102N6/c1-9-27-103(28-10-1)123(104-29-11-2-12-30-104)111-61-45-87(46-62-111)95-79-99(80-95)91-53-69-115(70-54-91)127(116-71-55-92(56-72-116)100-81-96(82-100)88-47-63-112(64-48-88)124(105-31-13-3-14-32-105)106-33-15-4-16-34-106)121-77-78-122(120-44-26-25-43-119(120)121)128(117-73-57-93(58-74-117)101-83-97(84-101)89-49-65-113(66-50-89)125(107-35-17-5-18-36-107)108-37-19-6-20-38-108)118-75-59-94(60-76-118)102-85-98(86-102)90-51-67-114(68-52-90)126(109-39-21-7-22-40-109)110-41-23-8-24-42-110/h1-78,95-102H,79-86H2. The zero-order chi connectivity index (χ0) is 85.1. The molecule has 4 aliphatic carbocycles. The fraction of sp³-hybridized carbons (Fsp3) is 0.131. The van der Waals surface area contributed by atoms with Crippen LogP contribution in [-0.2, 0) is 0 Å². The summed E-state index contributed by atoms with van der Waals surface area (Å²) in [7, 11) is 0. The molecule has 6 nitrogen and oxygen atoms in total. The highest BCUT2D eigenvalue weighted by atomic mass is 15.2. The van der Waals surface area contributed by atoms with Crippen molar-refractivity contribution >= 4 is 113 Å². The average Bonchev–Trinajstić information content (AvgIpc) is 0.918. The van der Waals surface area contributed by atoms with Crippen LogP contribution in [0.3, 0.4) is 0 Å². The number of para-hydroxylation sites is 8. The minimum absolute atomic E-state index is 0.475. The van der Waals surface area contributed by atoms with Gasteiger partial charge in [0.05, 0.1) is 11.4 Å². The Morgan fingerprint density at radius 2 is 0.227 bits per heavy atom. The first-order valence-corrected chi connectivity index (χ1v) is 46.0. The molecule has 4 fully saturated rings. The van der Waals surface area contributed by atoms with Gasteiger partial charge in [0.15, 0.2) is 0 Å². The third-order valence-corrected chi connectivity index (χ3v) is 28.0. The molecule has 6 heteroatoms. The molecule has 4 aliphatic rings. The average molecular weight is 1650 g/mol. The van der Waals surface area contributed by atoms with E-state index in [2.05, 4.69) is 503 Å². The highest BCUT2D eigenvalue weighted by Gasteiger charge is 2.37. The van der Waals surface area contributed by atoms with Crippen LogP contribution < -0.4 is 29.4 Å². The molecule has 18 aromatic rings. The molecule has 0 atom stereocenters. The Hall–Kier alpha value is -15.0. The van der Waals surface area contributed by atoms with E-state index in [4.69, 9.17) is 0 Å². The Labute approximate surface area is 753 Å². The summed E-state index contributed by atoms with van der Waals surface area (Å²) in [5.74, 6) is 3.91. The Morgan fingerprint density at radius 1 is 0.109 bits per heavy atom. The number of fused-ring (bicyclic) bond motifs is 1. The van der Waals surface area contributed by atoms with Crippen molar-refractivity contribution in [1.29, 1.82) is 0 Å². The third-order valence-electron chi connectivity index (χ3n) is 28.0. The van der Waals surface area contributed by atoms with Gasteiger partial charge < -0.3 is 29.4 Å². The summed E-state index contributed by atoms with van der Waals surface area (Å²) in [6.07, 6.45) is 8.97. The lowest BCUT2D eigenvalue weighted by Gasteiger charge is -2.37. The van der Waals surface area contributed by atoms with Crippen molar-refractivity contribution in [1.82, 2.24) is 0 Å². The van der Waals surface area contributed by atoms with E-state index in [1.54, 1.807) is 0 Å². The summed E-state index contributed by atoms with van der Waals surface area (Å²) >= 11 is 0. The molecule has 18 aromatic carbocycles. The van der Waals surface area contributed by atoms with Crippen LogP contribution in [0.4, 0.5) is 102 Å². The van der Waals surface area contributed by atoms with E-state index >= 15 is 0 Å². The second-order valence-corrected chi connectivity index (χ2v) is 35.5. The highest BCUT2D eigenvalue weighted by molar-refractivity contribution is 6.07. The third kappa shape index (κ3) is 16.1. The minimum atomic E-state index is 0.475. The quantitative estimate of drug-likeness (QED) is 0.0534. The maximum atomic E-state index is 2.53. The highest BCUT2D eigenvalue weighted by Crippen LogP contribution is 2.56. The Morgan fingerprint density at radius 3 is 0.367 bits per heavy atom. The predicted octanol–water partition coefficient (Wildman–Crippen LogP) is 34.3. The number of hydrogen-bond donors (Lipinski definition) is 0. The van der Waals surface area contributed by atoms with Crippen molar-refractivity contribution in [3.05, 3.63) is 518 Å². The van der Waals surface area contributed by atoms with Crippen molar-refractivity contribution in [2.75, 3.05) is 29.4 Å². The Bertz CT molecular complexity index is 5770. The monoisotopic (exact) mass is 1650 g/mol. The first kappa shape index (κ1) is 79.0. The van der Waals surface area contributed by atoms with Gasteiger partial charge in [-0.05, 0) is 349 Å². The topological polar surface area (TPSA) is 19.4 Å². The first-order chi connectivity index (χ1) is 63.4. The van der Waals surface area contributed by atoms with Crippen LogP contribution in [0.25, 0.3) is 10.8 Å². The molecule has 0 amide bonds. The molecule has 0 N–H and O–H groups in total. The van der Waals surface area contributed by atoms with Crippen LogP contribution in [0.15, 0.2) is 473 Å². The summed E-state index contributed by atoms with van der Waals surface area (Å²) in [6.45, 7) is 0. The summed E-state index contributed by atoms with van der Waals surface area (Å²) in [6, 6.07) is 176. The first-order valence-electron chi connectivity index (χ1n) is 46.0. The molecule has 0 radical (unpaired) electrons. The molecular weight excluding hydrogens is 1550 g/mol. The van der Waals surface area contributed by atoms with E-state index in [1.807, 2.05) is 0 Å². The summed E-state index contributed by atoms with van der Waals surface area (Å²) in [5.41, 5.74) is 32.0. The molecule has 0 aliphatic heterocycles. The molecule has 0 bridgehead atoms. The molecule has 0 heterocycles. The van der Waals surface area contributed by atoms with Gasteiger partial charge in [-0.3, -0.25) is 0 Å². The van der Waals surface area contributed by atoms with Crippen molar-refractivity contribution < 1.29 is 0 Å². The number of rotatable bonds is 26. The molecule has 22 rings (SSSR count). The van der Waals surface area contributed by atoms with E-state index in [0.717, 1.165) is 154 Å². The SMILES string of the molecule is c1ccc(N(c2ccccc2)c2ccc(C3CC(c4ccc(N(c5ccc(C6CC(c7ccc(N(c8ccccc8)c8ccccc8)cc7)C6)cc5)c5ccc(N(c6ccc(C7CC(c8ccc(N(c9ccccc9)c9ccccc9)cc8)C7)cc6)c6ccc(C7CC(c8ccc(N(c9ccccc9)c9ccccc9)cc8)C7)cc6)c6ccccc56)cc4)C3)cc2)cc1. The van der Waals surface area contributed by atoms with Crippen molar-refractivity contribution in [3.8, 4) is 0 Å². The smallest absolute Gasteiger partial charge is 0.0541 e. The second kappa shape index (κ2) is 35.6. The van der Waals surface area contributed by atoms with Gasteiger partial charge in [-0.2, -0.15) is 0 Å². The van der Waals surface area contributed by atoms with Gasteiger partial charge in [0.2, 0.25) is 0 Å². The van der Waals surface area contributed by atoms with Gasteiger partial charge in [-0.1, -0.05) is 267 Å². The molecule has 0 spiro atoms. The van der Waals surface area contributed by atoms with E-state index < -0.39 is 0 Å². The van der Waals surface area contributed by atoms with Crippen LogP contribution in [0.2, 0.25) is 0 Å². The van der Waals surface area contributed by atoms with Crippen LogP contribution in [-0.4, -0.2) is 0 Å². The molecule has 620 valence electrons. The lowest BCUT2D eigenvalue weighted by atomic mass is 9.68. The summed E-state index contributed by atoms with van der Waals surface area (Å²) < 4.78 is 0. The number of hydrogen-bond acceptors (Lipinski definition) is 6. The number of nitrogens with zero attached hydrogens (tertiary/aromatic N) is 6. The molecule has 0 unspecified atom stereocenters. The molecule has 0 saturated heterocycles. The summed E-state index contributed by atoms with van der Waals surface area (Å²) in [5, 5.41) is 2.37. The lowest BCUT2D eigenvalue weighted by molar-refractivity contribution is 0.351. The van der Waals surface area contributed by atoms with Crippen LogP contribution in [0.1, 0.15) is 143 Å².